The van der Waals surface area contributed by atoms with Crippen molar-refractivity contribution < 1.29 is 26.3 Å². The second-order valence-electron chi connectivity index (χ2n) is 2.57. The SMILES string of the molecule is C/N=C\N(C)S(=O)(=O)C(C)OC(F)(F)F. The lowest BCUT2D eigenvalue weighted by Gasteiger charge is -2.20. The fraction of sp³-hybridized carbons (Fsp3) is 0.833. The maximum absolute atomic E-state index is 11.7. The summed E-state index contributed by atoms with van der Waals surface area (Å²) in [6.07, 6.45) is -4.11. The van der Waals surface area contributed by atoms with Crippen molar-refractivity contribution in [2.24, 2.45) is 4.99 Å². The van der Waals surface area contributed by atoms with Crippen LogP contribution in [0.15, 0.2) is 4.99 Å². The minimum atomic E-state index is -4.99. The highest BCUT2D eigenvalue weighted by Gasteiger charge is 2.38. The van der Waals surface area contributed by atoms with Crippen LogP contribution in [0.3, 0.4) is 0 Å². The van der Waals surface area contributed by atoms with Crippen molar-refractivity contribution in [3.8, 4) is 0 Å². The molecule has 15 heavy (non-hydrogen) atoms. The summed E-state index contributed by atoms with van der Waals surface area (Å²) in [6, 6.07) is 0. The van der Waals surface area contributed by atoms with E-state index in [1.165, 1.54) is 7.05 Å². The Kier molecular flexibility index (Phi) is 4.53. The first-order chi connectivity index (χ1) is 6.61. The smallest absolute Gasteiger partial charge is 0.278 e. The maximum Gasteiger partial charge on any atom is 0.523 e. The molecule has 1 atom stereocenters. The third-order valence-electron chi connectivity index (χ3n) is 1.40. The lowest BCUT2D eigenvalue weighted by atomic mass is 10.8. The van der Waals surface area contributed by atoms with Gasteiger partial charge in [0.2, 0.25) is 0 Å². The highest BCUT2D eigenvalue weighted by molar-refractivity contribution is 7.90. The number of ether oxygens (including phenoxy) is 1. The Morgan fingerprint density at radius 2 is 1.93 bits per heavy atom. The number of hydrogen-bond acceptors (Lipinski definition) is 4. The number of sulfonamides is 1. The normalized spacial score (nSPS) is 15.6. The summed E-state index contributed by atoms with van der Waals surface area (Å²) in [7, 11) is -1.83. The second-order valence-corrected chi connectivity index (χ2v) is 4.84. The minimum Gasteiger partial charge on any atom is -0.278 e. The van der Waals surface area contributed by atoms with Crippen molar-refractivity contribution in [2.45, 2.75) is 18.7 Å². The summed E-state index contributed by atoms with van der Waals surface area (Å²) in [6.45, 7) is 0.794. The van der Waals surface area contributed by atoms with E-state index in [9.17, 15) is 21.6 Å². The van der Waals surface area contributed by atoms with E-state index in [2.05, 4.69) is 9.73 Å². The lowest BCUT2D eigenvalue weighted by Crippen LogP contribution is -2.38. The standard InChI is InChI=1S/C6H11F3N2O3S/c1-5(14-6(7,8)9)15(12,13)11(3)4-10-2/h4-5H,1-3H3/b10-4-. The Hall–Kier alpha value is -0.830. The molecule has 0 N–H and O–H groups in total. The van der Waals surface area contributed by atoms with Gasteiger partial charge in [0.15, 0.2) is 5.44 Å². The van der Waals surface area contributed by atoms with Crippen molar-refractivity contribution in [2.75, 3.05) is 14.1 Å². The van der Waals surface area contributed by atoms with Gasteiger partial charge in [-0.25, -0.2) is 8.42 Å². The zero-order valence-corrected chi connectivity index (χ0v) is 9.13. The number of nitrogens with zero attached hydrogens (tertiary/aromatic N) is 2. The van der Waals surface area contributed by atoms with Gasteiger partial charge >= 0.3 is 6.36 Å². The fourth-order valence-corrected chi connectivity index (χ4v) is 1.64. The van der Waals surface area contributed by atoms with Gasteiger partial charge in [-0.05, 0) is 6.92 Å². The average molecular weight is 248 g/mol. The number of rotatable bonds is 4. The molecular formula is C6H11F3N2O3S. The quantitative estimate of drug-likeness (QED) is 0.546. The van der Waals surface area contributed by atoms with Crippen LogP contribution in [0.1, 0.15) is 6.92 Å². The van der Waals surface area contributed by atoms with E-state index in [0.29, 0.717) is 4.31 Å². The molecule has 0 saturated carbocycles. The molecule has 0 aliphatic heterocycles. The van der Waals surface area contributed by atoms with Crippen LogP contribution in [-0.4, -0.2) is 45.0 Å². The van der Waals surface area contributed by atoms with Crippen molar-refractivity contribution >= 4 is 16.4 Å². The first kappa shape index (κ1) is 14.2. The maximum atomic E-state index is 11.7. The van der Waals surface area contributed by atoms with E-state index in [1.807, 2.05) is 0 Å². The van der Waals surface area contributed by atoms with Gasteiger partial charge in [-0.2, -0.15) is 0 Å². The van der Waals surface area contributed by atoms with Gasteiger partial charge in [0, 0.05) is 14.1 Å². The summed E-state index contributed by atoms with van der Waals surface area (Å²) >= 11 is 0. The lowest BCUT2D eigenvalue weighted by molar-refractivity contribution is -0.329. The Morgan fingerprint density at radius 1 is 1.47 bits per heavy atom. The molecule has 0 saturated heterocycles. The van der Waals surface area contributed by atoms with E-state index < -0.39 is 21.8 Å². The summed E-state index contributed by atoms with van der Waals surface area (Å²) in [5.41, 5.74) is -2.01. The van der Waals surface area contributed by atoms with Crippen LogP contribution in [0, 0.1) is 0 Å². The van der Waals surface area contributed by atoms with E-state index >= 15 is 0 Å². The van der Waals surface area contributed by atoms with Crippen LogP contribution in [0.5, 0.6) is 0 Å². The van der Waals surface area contributed by atoms with E-state index in [1.54, 1.807) is 0 Å². The highest BCUT2D eigenvalue weighted by atomic mass is 32.2. The number of halogens is 3. The van der Waals surface area contributed by atoms with E-state index in [-0.39, 0.29) is 0 Å². The van der Waals surface area contributed by atoms with Crippen LogP contribution < -0.4 is 0 Å². The molecule has 0 aromatic carbocycles. The van der Waals surface area contributed by atoms with Crippen LogP contribution in [0.4, 0.5) is 13.2 Å². The zero-order valence-electron chi connectivity index (χ0n) is 8.32. The first-order valence-electron chi connectivity index (χ1n) is 3.75. The van der Waals surface area contributed by atoms with Crippen molar-refractivity contribution in [1.29, 1.82) is 0 Å². The largest absolute Gasteiger partial charge is 0.523 e. The van der Waals surface area contributed by atoms with Gasteiger partial charge in [0.25, 0.3) is 10.0 Å². The number of hydrogen-bond donors (Lipinski definition) is 0. The molecule has 9 heteroatoms. The molecule has 0 aromatic heterocycles. The predicted octanol–water partition coefficient (Wildman–Crippen LogP) is 0.789. The topological polar surface area (TPSA) is 59.0 Å². The van der Waals surface area contributed by atoms with Gasteiger partial charge in [0.1, 0.15) is 0 Å². The summed E-state index contributed by atoms with van der Waals surface area (Å²) in [4.78, 5) is 3.37. The van der Waals surface area contributed by atoms with Crippen LogP contribution in [-0.2, 0) is 14.8 Å². The van der Waals surface area contributed by atoms with Crippen molar-refractivity contribution in [3.05, 3.63) is 0 Å². The number of alkyl halides is 3. The zero-order chi connectivity index (χ0) is 12.3. The molecule has 0 rings (SSSR count). The molecule has 5 nitrogen and oxygen atoms in total. The molecule has 0 spiro atoms. The predicted molar refractivity (Wildman–Crippen MR) is 47.7 cm³/mol. The van der Waals surface area contributed by atoms with Gasteiger partial charge < -0.3 is 0 Å². The minimum absolute atomic E-state index is 0.559. The van der Waals surface area contributed by atoms with Gasteiger partial charge in [-0.15, -0.1) is 13.2 Å². The van der Waals surface area contributed by atoms with Crippen LogP contribution in [0.2, 0.25) is 0 Å². The van der Waals surface area contributed by atoms with E-state index in [0.717, 1.165) is 20.3 Å². The Labute approximate surface area is 85.6 Å². The van der Waals surface area contributed by atoms with Crippen LogP contribution in [0.25, 0.3) is 0 Å². The molecule has 0 aliphatic rings. The van der Waals surface area contributed by atoms with Crippen molar-refractivity contribution in [3.63, 3.8) is 0 Å². The molecule has 0 heterocycles. The second kappa shape index (κ2) is 4.79. The summed E-state index contributed by atoms with van der Waals surface area (Å²) in [5, 5.41) is 0. The van der Waals surface area contributed by atoms with Gasteiger partial charge in [-0.3, -0.25) is 14.0 Å². The van der Waals surface area contributed by atoms with Crippen LogP contribution >= 0.6 is 0 Å². The third kappa shape index (κ3) is 4.47. The molecule has 1 unspecified atom stereocenters. The highest BCUT2D eigenvalue weighted by Crippen LogP contribution is 2.21. The average Bonchev–Trinajstić information content (AvgIpc) is 2.01. The summed E-state index contributed by atoms with van der Waals surface area (Å²) < 4.78 is 61.8. The monoisotopic (exact) mass is 248 g/mol. The Morgan fingerprint density at radius 3 is 2.27 bits per heavy atom. The Bertz CT molecular complexity index is 325. The molecule has 0 fully saturated rings. The molecular weight excluding hydrogens is 237 g/mol. The third-order valence-corrected chi connectivity index (χ3v) is 3.23. The van der Waals surface area contributed by atoms with Gasteiger partial charge in [0.05, 0.1) is 6.34 Å². The molecule has 0 bridgehead atoms. The first-order valence-corrected chi connectivity index (χ1v) is 5.25. The summed E-state index contributed by atoms with van der Waals surface area (Å²) in [5.74, 6) is 0. The van der Waals surface area contributed by atoms with Crippen molar-refractivity contribution in [1.82, 2.24) is 4.31 Å². The molecule has 0 aromatic rings. The van der Waals surface area contributed by atoms with Gasteiger partial charge in [-0.1, -0.05) is 0 Å². The van der Waals surface area contributed by atoms with E-state index in [4.69, 9.17) is 0 Å². The molecule has 90 valence electrons. The Balaban J connectivity index is 4.75. The number of aliphatic imine (C=N–C) groups is 1. The molecule has 0 aliphatic carbocycles. The molecule has 0 amide bonds. The fourth-order valence-electron chi connectivity index (χ4n) is 0.711. The molecule has 0 radical (unpaired) electrons.